The van der Waals surface area contributed by atoms with Crippen LogP contribution in [0.1, 0.15) is 92.4 Å². The molecule has 0 aromatic carbocycles. The van der Waals surface area contributed by atoms with Crippen LogP contribution < -0.4 is 0 Å². The summed E-state index contributed by atoms with van der Waals surface area (Å²) >= 11 is 0. The Balaban J connectivity index is 2.23. The summed E-state index contributed by atoms with van der Waals surface area (Å²) in [5.41, 5.74) is 7.50. The van der Waals surface area contributed by atoms with E-state index in [-0.39, 0.29) is 0 Å². The Hall–Kier alpha value is -1.30. The summed E-state index contributed by atoms with van der Waals surface area (Å²) in [4.78, 5) is 0. The second-order valence-electron chi connectivity index (χ2n) is 8.18. The lowest BCUT2D eigenvalue weighted by atomic mass is 9.83. The highest BCUT2D eigenvalue weighted by Crippen LogP contribution is 2.30. The molecule has 0 bridgehead atoms. The fraction of sp³-hybridized carbons (Fsp3) is 0.600. The van der Waals surface area contributed by atoms with Crippen molar-refractivity contribution in [1.82, 2.24) is 0 Å². The maximum atomic E-state index is 4.35. The topological polar surface area (TPSA) is 0 Å². The average molecular weight is 341 g/mol. The quantitative estimate of drug-likeness (QED) is 0.350. The molecule has 1 atom stereocenters. The number of hydrogen-bond donors (Lipinski definition) is 0. The first-order chi connectivity index (χ1) is 11.9. The Bertz CT molecular complexity index is 532. The molecule has 1 aliphatic carbocycles. The van der Waals surface area contributed by atoms with Crippen LogP contribution in [0.5, 0.6) is 0 Å². The van der Waals surface area contributed by atoms with Gasteiger partial charge in [0, 0.05) is 0 Å². The highest BCUT2D eigenvalue weighted by Gasteiger charge is 2.14. The molecule has 0 aliphatic heterocycles. The van der Waals surface area contributed by atoms with Gasteiger partial charge in [-0.2, -0.15) is 0 Å². The molecule has 0 heterocycles. The van der Waals surface area contributed by atoms with Crippen LogP contribution in [-0.2, 0) is 0 Å². The molecule has 1 aliphatic rings. The van der Waals surface area contributed by atoms with Gasteiger partial charge in [-0.1, -0.05) is 58.7 Å². The maximum absolute atomic E-state index is 4.35. The number of allylic oxidation sites excluding steroid dienone is 9. The Labute approximate surface area is 157 Å². The van der Waals surface area contributed by atoms with E-state index in [0.717, 1.165) is 18.8 Å². The molecular weight excluding hydrogens is 300 g/mol. The first-order valence-electron chi connectivity index (χ1n) is 10.2. The van der Waals surface area contributed by atoms with Crippen molar-refractivity contribution in [2.75, 3.05) is 0 Å². The van der Waals surface area contributed by atoms with Crippen molar-refractivity contribution in [3.8, 4) is 0 Å². The van der Waals surface area contributed by atoms with E-state index < -0.39 is 0 Å². The van der Waals surface area contributed by atoms with E-state index in [4.69, 9.17) is 0 Å². The van der Waals surface area contributed by atoms with Gasteiger partial charge in [0.2, 0.25) is 0 Å². The zero-order chi connectivity index (χ0) is 18.7. The predicted octanol–water partition coefficient (Wildman–Crippen LogP) is 8.49. The molecule has 0 saturated carbocycles. The molecule has 0 aromatic heterocycles. The first-order valence-corrected chi connectivity index (χ1v) is 10.2. The molecule has 0 radical (unpaired) electrons. The van der Waals surface area contributed by atoms with E-state index >= 15 is 0 Å². The van der Waals surface area contributed by atoms with Crippen LogP contribution in [0, 0.1) is 5.92 Å². The summed E-state index contributed by atoms with van der Waals surface area (Å²) < 4.78 is 0. The molecule has 0 spiro atoms. The third-order valence-corrected chi connectivity index (χ3v) is 5.30. The van der Waals surface area contributed by atoms with E-state index in [1.54, 1.807) is 5.57 Å². The van der Waals surface area contributed by atoms with Gasteiger partial charge in [0.25, 0.3) is 0 Å². The summed E-state index contributed by atoms with van der Waals surface area (Å²) in [6.45, 7) is 15.5. The van der Waals surface area contributed by atoms with Crippen LogP contribution in [0.15, 0.2) is 58.7 Å². The van der Waals surface area contributed by atoms with Crippen molar-refractivity contribution in [3.63, 3.8) is 0 Å². The van der Waals surface area contributed by atoms with E-state index in [1.807, 2.05) is 0 Å². The lowest BCUT2D eigenvalue weighted by Crippen LogP contribution is -2.07. The second kappa shape index (κ2) is 12.1. The zero-order valence-electron chi connectivity index (χ0n) is 17.5. The van der Waals surface area contributed by atoms with Crippen molar-refractivity contribution in [3.05, 3.63) is 58.7 Å². The van der Waals surface area contributed by atoms with Crippen LogP contribution in [0.25, 0.3) is 0 Å². The SMILES string of the molecule is C=C(CC/C=C(\C)CC/C=C(\C)CCC=C(C)C)[C@@H]1CC=C(C)CC1. The monoisotopic (exact) mass is 340 g/mol. The number of hydrogen-bond acceptors (Lipinski definition) is 0. The molecule has 140 valence electrons. The molecule has 0 saturated heterocycles. The van der Waals surface area contributed by atoms with Crippen molar-refractivity contribution in [2.45, 2.75) is 92.4 Å². The van der Waals surface area contributed by atoms with Gasteiger partial charge in [-0.15, -0.1) is 0 Å². The molecule has 0 nitrogen and oxygen atoms in total. The Kier molecular flexibility index (Phi) is 10.5. The Morgan fingerprint density at radius 3 is 2.04 bits per heavy atom. The lowest BCUT2D eigenvalue weighted by molar-refractivity contribution is 0.523. The van der Waals surface area contributed by atoms with Gasteiger partial charge in [-0.05, 0) is 98.3 Å². The Morgan fingerprint density at radius 1 is 0.960 bits per heavy atom. The van der Waals surface area contributed by atoms with Crippen LogP contribution in [-0.4, -0.2) is 0 Å². The van der Waals surface area contributed by atoms with Crippen LogP contribution in [0.2, 0.25) is 0 Å². The van der Waals surface area contributed by atoms with Gasteiger partial charge in [-0.3, -0.25) is 0 Å². The van der Waals surface area contributed by atoms with Crippen molar-refractivity contribution in [2.24, 2.45) is 5.92 Å². The largest absolute Gasteiger partial charge is 0.0996 e. The minimum absolute atomic E-state index is 0.726. The molecular formula is C25H40. The first kappa shape index (κ1) is 21.7. The van der Waals surface area contributed by atoms with Gasteiger partial charge in [0.1, 0.15) is 0 Å². The van der Waals surface area contributed by atoms with Crippen molar-refractivity contribution < 1.29 is 0 Å². The molecule has 0 amide bonds. The molecule has 0 N–H and O–H groups in total. The normalized spacial score (nSPS) is 18.8. The van der Waals surface area contributed by atoms with E-state index in [2.05, 4.69) is 65.5 Å². The molecule has 1 rings (SSSR count). The average Bonchev–Trinajstić information content (AvgIpc) is 2.55. The summed E-state index contributed by atoms with van der Waals surface area (Å²) in [6.07, 6.45) is 20.4. The standard InChI is InChI=1S/C25H40/c1-20(2)10-7-11-21(3)12-8-13-22(4)14-9-15-24(6)25-18-16-23(5)17-19-25/h10,12,14,16,25H,6-9,11,13,15,17-19H2,1-5H3/b21-12+,22-14+/t25-/m1/s1. The van der Waals surface area contributed by atoms with Gasteiger partial charge in [0.05, 0.1) is 0 Å². The third kappa shape index (κ3) is 10.3. The van der Waals surface area contributed by atoms with E-state index in [1.165, 1.54) is 67.2 Å². The van der Waals surface area contributed by atoms with Gasteiger partial charge in [0.15, 0.2) is 0 Å². The van der Waals surface area contributed by atoms with Crippen LogP contribution in [0.3, 0.4) is 0 Å². The number of rotatable bonds is 10. The second-order valence-corrected chi connectivity index (χ2v) is 8.18. The van der Waals surface area contributed by atoms with E-state index in [9.17, 15) is 0 Å². The molecule has 0 unspecified atom stereocenters. The fourth-order valence-corrected chi connectivity index (χ4v) is 3.38. The van der Waals surface area contributed by atoms with Gasteiger partial charge in [-0.25, -0.2) is 0 Å². The highest BCUT2D eigenvalue weighted by molar-refractivity contribution is 5.13. The van der Waals surface area contributed by atoms with Crippen molar-refractivity contribution in [1.29, 1.82) is 0 Å². The summed E-state index contributed by atoms with van der Waals surface area (Å²) in [5.74, 6) is 0.726. The zero-order valence-corrected chi connectivity index (χ0v) is 17.5. The summed E-state index contributed by atoms with van der Waals surface area (Å²) in [7, 11) is 0. The predicted molar refractivity (Wildman–Crippen MR) is 115 cm³/mol. The van der Waals surface area contributed by atoms with E-state index in [0.29, 0.717) is 0 Å². The fourth-order valence-electron chi connectivity index (χ4n) is 3.38. The Morgan fingerprint density at radius 2 is 1.52 bits per heavy atom. The third-order valence-electron chi connectivity index (χ3n) is 5.30. The van der Waals surface area contributed by atoms with Gasteiger partial charge >= 0.3 is 0 Å². The molecule has 25 heavy (non-hydrogen) atoms. The molecule has 0 fully saturated rings. The minimum Gasteiger partial charge on any atom is -0.0996 e. The summed E-state index contributed by atoms with van der Waals surface area (Å²) in [5, 5.41) is 0. The minimum atomic E-state index is 0.726. The van der Waals surface area contributed by atoms with Crippen LogP contribution >= 0.6 is 0 Å². The van der Waals surface area contributed by atoms with Crippen LogP contribution in [0.4, 0.5) is 0 Å². The molecule has 0 heteroatoms. The smallest absolute Gasteiger partial charge is 0.0168 e. The lowest BCUT2D eigenvalue weighted by Gasteiger charge is -2.22. The maximum Gasteiger partial charge on any atom is -0.0168 e. The molecule has 0 aromatic rings. The van der Waals surface area contributed by atoms with Crippen molar-refractivity contribution >= 4 is 0 Å². The van der Waals surface area contributed by atoms with Gasteiger partial charge < -0.3 is 0 Å². The highest BCUT2D eigenvalue weighted by atomic mass is 14.2. The summed E-state index contributed by atoms with van der Waals surface area (Å²) in [6, 6.07) is 0.